The lowest BCUT2D eigenvalue weighted by Gasteiger charge is -2.10. The zero-order valence-electron chi connectivity index (χ0n) is 17.9. The fourth-order valence-electron chi connectivity index (χ4n) is 2.53. The number of sulfonamides is 1. The zero-order chi connectivity index (χ0) is 21.9. The molecule has 0 saturated carbocycles. The molecule has 160 valence electrons. The quantitative estimate of drug-likeness (QED) is 0.683. The molecule has 0 atom stereocenters. The Morgan fingerprint density at radius 1 is 0.966 bits per heavy atom. The number of hydrogen-bond acceptors (Lipinski definition) is 5. The molecule has 1 amide bonds. The van der Waals surface area contributed by atoms with Crippen LogP contribution in [0.5, 0.6) is 5.75 Å². The molecule has 6 nitrogen and oxygen atoms in total. The SMILES string of the molecule is CCNCC.CCc1ccc(OCc2ccc(C(=O)NS(C)(=O)=O)c(C)c2)cc1. The summed E-state index contributed by atoms with van der Waals surface area (Å²) in [6.07, 6.45) is 1.93. The minimum absolute atomic E-state index is 0.330. The van der Waals surface area contributed by atoms with E-state index in [2.05, 4.69) is 26.1 Å². The van der Waals surface area contributed by atoms with Crippen molar-refractivity contribution in [3.05, 3.63) is 64.7 Å². The molecular formula is C22H32N2O4S. The van der Waals surface area contributed by atoms with Crippen LogP contribution in [-0.2, 0) is 23.1 Å². The first-order valence-electron chi connectivity index (χ1n) is 9.74. The van der Waals surface area contributed by atoms with Crippen molar-refractivity contribution >= 4 is 15.9 Å². The maximum Gasteiger partial charge on any atom is 0.264 e. The standard InChI is InChI=1S/C18H21NO4S.C4H11N/c1-4-14-5-8-16(9-6-14)23-12-15-7-10-17(13(2)11-15)18(20)19-24(3,21)22;1-3-5-4-2/h5-11H,4,12H2,1-3H3,(H,19,20);5H,3-4H2,1-2H3. The predicted octanol–water partition coefficient (Wildman–Crippen LogP) is 3.44. The third-order valence-electron chi connectivity index (χ3n) is 4.05. The van der Waals surface area contributed by atoms with Crippen molar-refractivity contribution in [3.63, 3.8) is 0 Å². The lowest BCUT2D eigenvalue weighted by atomic mass is 10.1. The number of hydrogen-bond donors (Lipinski definition) is 2. The van der Waals surface area contributed by atoms with Crippen molar-refractivity contribution in [2.24, 2.45) is 0 Å². The summed E-state index contributed by atoms with van der Waals surface area (Å²) in [6.45, 7) is 10.6. The molecule has 2 rings (SSSR count). The number of nitrogens with one attached hydrogen (secondary N) is 2. The van der Waals surface area contributed by atoms with Gasteiger partial charge in [0.1, 0.15) is 12.4 Å². The number of benzene rings is 2. The van der Waals surface area contributed by atoms with Crippen LogP contribution in [0.15, 0.2) is 42.5 Å². The van der Waals surface area contributed by atoms with E-state index in [1.54, 1.807) is 19.1 Å². The monoisotopic (exact) mass is 420 g/mol. The lowest BCUT2D eigenvalue weighted by molar-refractivity contribution is 0.0981. The highest BCUT2D eigenvalue weighted by Gasteiger charge is 2.13. The Morgan fingerprint density at radius 2 is 1.55 bits per heavy atom. The molecule has 0 aromatic heterocycles. The average molecular weight is 421 g/mol. The van der Waals surface area contributed by atoms with E-state index < -0.39 is 15.9 Å². The Morgan fingerprint density at radius 3 is 2.00 bits per heavy atom. The summed E-state index contributed by atoms with van der Waals surface area (Å²) in [5.41, 5.74) is 3.18. The van der Waals surface area contributed by atoms with Crippen molar-refractivity contribution in [1.29, 1.82) is 0 Å². The van der Waals surface area contributed by atoms with Gasteiger partial charge in [-0.2, -0.15) is 0 Å². The van der Waals surface area contributed by atoms with Gasteiger partial charge >= 0.3 is 0 Å². The van der Waals surface area contributed by atoms with Gasteiger partial charge in [-0.1, -0.05) is 45.0 Å². The number of aryl methyl sites for hydroxylation is 2. The van der Waals surface area contributed by atoms with Crippen LogP contribution in [0.25, 0.3) is 0 Å². The molecule has 7 heteroatoms. The molecule has 0 aliphatic heterocycles. The topological polar surface area (TPSA) is 84.5 Å². The van der Waals surface area contributed by atoms with Gasteiger partial charge in [0.25, 0.3) is 5.91 Å². The highest BCUT2D eigenvalue weighted by molar-refractivity contribution is 7.89. The summed E-state index contributed by atoms with van der Waals surface area (Å²) in [5, 5.41) is 3.11. The number of ether oxygens (including phenoxy) is 1. The second-order valence-corrected chi connectivity index (χ2v) is 8.34. The predicted molar refractivity (Wildman–Crippen MR) is 118 cm³/mol. The van der Waals surface area contributed by atoms with Crippen LogP contribution in [0.3, 0.4) is 0 Å². The lowest BCUT2D eigenvalue weighted by Crippen LogP contribution is -2.29. The summed E-state index contributed by atoms with van der Waals surface area (Å²) in [7, 11) is -3.57. The van der Waals surface area contributed by atoms with Gasteiger partial charge in [-0.25, -0.2) is 13.1 Å². The van der Waals surface area contributed by atoms with Crippen LogP contribution >= 0.6 is 0 Å². The Hall–Kier alpha value is -2.38. The normalized spacial score (nSPS) is 10.7. The summed E-state index contributed by atoms with van der Waals surface area (Å²) >= 11 is 0. The van der Waals surface area contributed by atoms with Gasteiger partial charge in [0, 0.05) is 5.56 Å². The summed E-state index contributed by atoms with van der Waals surface area (Å²) in [4.78, 5) is 11.9. The number of carbonyl (C=O) groups excluding carboxylic acids is 1. The Kier molecular flexibility index (Phi) is 10.4. The van der Waals surface area contributed by atoms with Crippen LogP contribution in [0, 0.1) is 6.92 Å². The van der Waals surface area contributed by atoms with Crippen molar-refractivity contribution in [2.75, 3.05) is 19.3 Å². The second kappa shape index (κ2) is 12.2. The summed E-state index contributed by atoms with van der Waals surface area (Å²) < 4.78 is 30.0. The van der Waals surface area contributed by atoms with E-state index in [9.17, 15) is 13.2 Å². The van der Waals surface area contributed by atoms with Crippen LogP contribution in [0.2, 0.25) is 0 Å². The van der Waals surface area contributed by atoms with Crippen LogP contribution in [0.4, 0.5) is 0 Å². The minimum Gasteiger partial charge on any atom is -0.489 e. The molecular weight excluding hydrogens is 388 g/mol. The molecule has 0 radical (unpaired) electrons. The number of rotatable bonds is 8. The molecule has 0 aliphatic rings. The van der Waals surface area contributed by atoms with Crippen LogP contribution < -0.4 is 14.8 Å². The van der Waals surface area contributed by atoms with Crippen molar-refractivity contribution in [3.8, 4) is 5.75 Å². The summed E-state index contributed by atoms with van der Waals surface area (Å²) in [5.74, 6) is 0.154. The van der Waals surface area contributed by atoms with E-state index in [0.717, 1.165) is 37.1 Å². The molecule has 2 N–H and O–H groups in total. The number of amides is 1. The van der Waals surface area contributed by atoms with E-state index in [1.165, 1.54) is 5.56 Å². The highest BCUT2D eigenvalue weighted by atomic mass is 32.2. The van der Waals surface area contributed by atoms with E-state index in [-0.39, 0.29) is 0 Å². The van der Waals surface area contributed by atoms with Gasteiger partial charge < -0.3 is 10.1 Å². The molecule has 0 heterocycles. The molecule has 2 aromatic carbocycles. The Balaban J connectivity index is 0.000000749. The van der Waals surface area contributed by atoms with Crippen molar-refractivity contribution < 1.29 is 17.9 Å². The fraction of sp³-hybridized carbons (Fsp3) is 0.409. The van der Waals surface area contributed by atoms with Gasteiger partial charge in [-0.3, -0.25) is 4.79 Å². The first-order valence-corrected chi connectivity index (χ1v) is 11.6. The molecule has 0 spiro atoms. The van der Waals surface area contributed by atoms with Crippen LogP contribution in [-0.4, -0.2) is 33.7 Å². The molecule has 0 fully saturated rings. The van der Waals surface area contributed by atoms with Crippen LogP contribution in [0.1, 0.15) is 47.8 Å². The smallest absolute Gasteiger partial charge is 0.264 e. The van der Waals surface area contributed by atoms with Crippen molar-refractivity contribution in [1.82, 2.24) is 10.0 Å². The Labute approximate surface area is 174 Å². The first kappa shape index (κ1) is 24.7. The average Bonchev–Trinajstić information content (AvgIpc) is 2.66. The third-order valence-corrected chi connectivity index (χ3v) is 4.61. The van der Waals surface area contributed by atoms with E-state index in [4.69, 9.17) is 4.74 Å². The number of carbonyl (C=O) groups is 1. The molecule has 0 aliphatic carbocycles. The molecule has 0 saturated heterocycles. The van der Waals surface area contributed by atoms with Gasteiger partial charge in [-0.05, 0) is 61.3 Å². The second-order valence-electron chi connectivity index (χ2n) is 6.60. The fourth-order valence-corrected chi connectivity index (χ4v) is 2.98. The van der Waals surface area contributed by atoms with Crippen molar-refractivity contribution in [2.45, 2.75) is 40.7 Å². The minimum atomic E-state index is -3.57. The van der Waals surface area contributed by atoms with Gasteiger partial charge in [0.05, 0.1) is 6.26 Å². The van der Waals surface area contributed by atoms with E-state index in [1.807, 2.05) is 35.1 Å². The zero-order valence-corrected chi connectivity index (χ0v) is 18.7. The van der Waals surface area contributed by atoms with Gasteiger partial charge in [0.2, 0.25) is 10.0 Å². The van der Waals surface area contributed by atoms with Gasteiger partial charge in [0.15, 0.2) is 0 Å². The molecule has 29 heavy (non-hydrogen) atoms. The third kappa shape index (κ3) is 9.58. The first-order chi connectivity index (χ1) is 13.7. The molecule has 0 bridgehead atoms. The Bertz CT molecular complexity index is 876. The largest absolute Gasteiger partial charge is 0.489 e. The maximum absolute atomic E-state index is 11.9. The summed E-state index contributed by atoms with van der Waals surface area (Å²) in [6, 6.07) is 13.1. The van der Waals surface area contributed by atoms with E-state index >= 15 is 0 Å². The maximum atomic E-state index is 11.9. The highest BCUT2D eigenvalue weighted by Crippen LogP contribution is 2.16. The molecule has 2 aromatic rings. The van der Waals surface area contributed by atoms with E-state index in [0.29, 0.717) is 17.7 Å². The molecule has 0 unspecified atom stereocenters. The van der Waals surface area contributed by atoms with Gasteiger partial charge in [-0.15, -0.1) is 0 Å².